The van der Waals surface area contributed by atoms with Gasteiger partial charge in [0.15, 0.2) is 11.5 Å². The Bertz CT molecular complexity index is 924. The lowest BCUT2D eigenvalue weighted by atomic mass is 10.1. The number of carbonyl (C=O) groups excluding carboxylic acids is 2. The number of methoxy groups -OCH3 is 1. The number of benzene rings is 2. The Labute approximate surface area is 162 Å². The number of nitrogens with zero attached hydrogens (tertiary/aromatic N) is 1. The van der Waals surface area contributed by atoms with Crippen LogP contribution in [0.3, 0.4) is 0 Å². The summed E-state index contributed by atoms with van der Waals surface area (Å²) in [6.07, 6.45) is 1.49. The summed E-state index contributed by atoms with van der Waals surface area (Å²) in [5, 5.41) is 3.03. The first-order valence-corrected chi connectivity index (χ1v) is 8.75. The topological polar surface area (TPSA) is 67.9 Å². The van der Waals surface area contributed by atoms with E-state index in [4.69, 9.17) is 21.1 Å². The SMILES string of the molecule is COc1cccc(/C=C2/NC(=O)N(c3cccc(Cl)c3)C2=O)c1OC(C)C. The lowest BCUT2D eigenvalue weighted by Gasteiger charge is -2.16. The van der Waals surface area contributed by atoms with Crippen molar-refractivity contribution in [1.82, 2.24) is 5.32 Å². The Morgan fingerprint density at radius 3 is 2.56 bits per heavy atom. The summed E-state index contributed by atoms with van der Waals surface area (Å²) in [5.74, 6) is 0.577. The summed E-state index contributed by atoms with van der Waals surface area (Å²) in [4.78, 5) is 26.2. The molecule has 27 heavy (non-hydrogen) atoms. The number of rotatable bonds is 5. The first kappa shape index (κ1) is 18.8. The third-order valence-corrected chi connectivity index (χ3v) is 4.06. The fourth-order valence-corrected chi connectivity index (χ4v) is 2.89. The highest BCUT2D eigenvalue weighted by molar-refractivity contribution is 6.32. The van der Waals surface area contributed by atoms with E-state index in [2.05, 4.69) is 5.32 Å². The average molecular weight is 387 g/mol. The molecule has 7 heteroatoms. The van der Waals surface area contributed by atoms with E-state index in [1.54, 1.807) is 55.7 Å². The number of imide groups is 1. The summed E-state index contributed by atoms with van der Waals surface area (Å²) in [6.45, 7) is 3.79. The minimum atomic E-state index is -0.539. The van der Waals surface area contributed by atoms with E-state index in [-0.39, 0.29) is 11.8 Å². The smallest absolute Gasteiger partial charge is 0.333 e. The van der Waals surface area contributed by atoms with Crippen LogP contribution in [0.15, 0.2) is 48.2 Å². The Balaban J connectivity index is 1.99. The maximum Gasteiger partial charge on any atom is 0.333 e. The molecule has 3 rings (SSSR count). The molecule has 1 fully saturated rings. The molecule has 6 nitrogen and oxygen atoms in total. The van der Waals surface area contributed by atoms with Gasteiger partial charge in [0.25, 0.3) is 5.91 Å². The monoisotopic (exact) mass is 386 g/mol. The highest BCUT2D eigenvalue weighted by Gasteiger charge is 2.35. The van der Waals surface area contributed by atoms with E-state index in [0.29, 0.717) is 27.8 Å². The summed E-state index contributed by atoms with van der Waals surface area (Å²) in [7, 11) is 1.54. The van der Waals surface area contributed by atoms with E-state index in [1.807, 2.05) is 13.8 Å². The molecular weight excluding hydrogens is 368 g/mol. The summed E-state index contributed by atoms with van der Waals surface area (Å²) in [6, 6.07) is 11.4. The third-order valence-electron chi connectivity index (χ3n) is 3.83. The van der Waals surface area contributed by atoms with Crippen LogP contribution in [0.4, 0.5) is 10.5 Å². The van der Waals surface area contributed by atoms with Crippen LogP contribution in [0.2, 0.25) is 5.02 Å². The maximum atomic E-state index is 12.8. The van der Waals surface area contributed by atoms with Crippen molar-refractivity contribution in [2.24, 2.45) is 0 Å². The highest BCUT2D eigenvalue weighted by atomic mass is 35.5. The second-order valence-electron chi connectivity index (χ2n) is 6.15. The quantitative estimate of drug-likeness (QED) is 0.616. The average Bonchev–Trinajstić information content (AvgIpc) is 2.89. The predicted molar refractivity (Wildman–Crippen MR) is 104 cm³/mol. The number of para-hydroxylation sites is 1. The van der Waals surface area contributed by atoms with Crippen molar-refractivity contribution >= 4 is 35.3 Å². The Kier molecular flexibility index (Phi) is 5.37. The molecule has 0 spiro atoms. The molecular formula is C20H19ClN2O4. The number of halogens is 1. The summed E-state index contributed by atoms with van der Waals surface area (Å²) < 4.78 is 11.2. The van der Waals surface area contributed by atoms with E-state index in [1.165, 1.54) is 0 Å². The third kappa shape index (κ3) is 3.90. The molecule has 0 bridgehead atoms. The first-order valence-electron chi connectivity index (χ1n) is 8.37. The lowest BCUT2D eigenvalue weighted by molar-refractivity contribution is -0.113. The Hall–Kier alpha value is -2.99. The van der Waals surface area contributed by atoms with Crippen LogP contribution in [-0.2, 0) is 4.79 Å². The van der Waals surface area contributed by atoms with Crippen LogP contribution in [0.1, 0.15) is 19.4 Å². The van der Waals surface area contributed by atoms with Gasteiger partial charge in [0.05, 0.1) is 18.9 Å². The number of urea groups is 1. The van der Waals surface area contributed by atoms with Crippen LogP contribution in [0, 0.1) is 0 Å². The van der Waals surface area contributed by atoms with Crippen LogP contribution in [-0.4, -0.2) is 25.2 Å². The van der Waals surface area contributed by atoms with Crippen molar-refractivity contribution in [3.63, 3.8) is 0 Å². The number of anilines is 1. The van der Waals surface area contributed by atoms with Crippen LogP contribution in [0.25, 0.3) is 6.08 Å². The molecule has 140 valence electrons. The predicted octanol–water partition coefficient (Wildman–Crippen LogP) is 4.23. The molecule has 0 atom stereocenters. The van der Waals surface area contributed by atoms with Crippen LogP contribution >= 0.6 is 11.6 Å². The second kappa shape index (κ2) is 7.72. The zero-order chi connectivity index (χ0) is 19.6. The fraction of sp³-hybridized carbons (Fsp3) is 0.200. The van der Waals surface area contributed by atoms with Crippen molar-refractivity contribution in [2.45, 2.75) is 20.0 Å². The Morgan fingerprint density at radius 1 is 1.15 bits per heavy atom. The number of hydrogen-bond acceptors (Lipinski definition) is 4. The van der Waals surface area contributed by atoms with Gasteiger partial charge in [-0.2, -0.15) is 0 Å². The van der Waals surface area contributed by atoms with E-state index < -0.39 is 11.9 Å². The van der Waals surface area contributed by atoms with Gasteiger partial charge >= 0.3 is 6.03 Å². The lowest BCUT2D eigenvalue weighted by Crippen LogP contribution is -2.30. The molecule has 1 aliphatic rings. The molecule has 1 heterocycles. The van der Waals surface area contributed by atoms with Gasteiger partial charge in [0.1, 0.15) is 5.70 Å². The number of amides is 3. The van der Waals surface area contributed by atoms with E-state index in [0.717, 1.165) is 4.90 Å². The molecule has 2 aromatic carbocycles. The van der Waals surface area contributed by atoms with Crippen molar-refractivity contribution in [3.8, 4) is 11.5 Å². The van der Waals surface area contributed by atoms with Crippen molar-refractivity contribution in [3.05, 3.63) is 58.7 Å². The standard InChI is InChI=1S/C20H19ClN2O4/c1-12(2)27-18-13(6-4-9-17(18)26-3)10-16-19(24)23(20(25)22-16)15-8-5-7-14(21)11-15/h4-12H,1-3H3,(H,22,25)/b16-10+. The molecule has 2 aromatic rings. The Morgan fingerprint density at radius 2 is 1.89 bits per heavy atom. The zero-order valence-corrected chi connectivity index (χ0v) is 15.9. The molecule has 0 radical (unpaired) electrons. The van der Waals surface area contributed by atoms with E-state index >= 15 is 0 Å². The molecule has 1 N–H and O–H groups in total. The minimum Gasteiger partial charge on any atom is -0.493 e. The van der Waals surface area contributed by atoms with Crippen molar-refractivity contribution in [1.29, 1.82) is 0 Å². The largest absolute Gasteiger partial charge is 0.493 e. The zero-order valence-electron chi connectivity index (χ0n) is 15.2. The maximum absolute atomic E-state index is 12.8. The fourth-order valence-electron chi connectivity index (χ4n) is 2.71. The summed E-state index contributed by atoms with van der Waals surface area (Å²) in [5.41, 5.74) is 1.17. The summed E-state index contributed by atoms with van der Waals surface area (Å²) >= 11 is 5.97. The minimum absolute atomic E-state index is 0.0877. The van der Waals surface area contributed by atoms with E-state index in [9.17, 15) is 9.59 Å². The second-order valence-corrected chi connectivity index (χ2v) is 6.59. The molecule has 0 saturated carbocycles. The van der Waals surface area contributed by atoms with Crippen LogP contribution in [0.5, 0.6) is 11.5 Å². The molecule has 0 aromatic heterocycles. The molecule has 0 aliphatic carbocycles. The number of nitrogens with one attached hydrogen (secondary N) is 1. The van der Waals surface area contributed by atoms with Gasteiger partial charge in [-0.3, -0.25) is 4.79 Å². The van der Waals surface area contributed by atoms with Gasteiger partial charge in [-0.05, 0) is 44.2 Å². The normalized spacial score (nSPS) is 15.4. The van der Waals surface area contributed by atoms with Crippen molar-refractivity contribution < 1.29 is 19.1 Å². The highest BCUT2D eigenvalue weighted by Crippen LogP contribution is 2.34. The van der Waals surface area contributed by atoms with Gasteiger partial charge in [0, 0.05) is 10.6 Å². The van der Waals surface area contributed by atoms with Gasteiger partial charge < -0.3 is 14.8 Å². The number of hydrogen-bond donors (Lipinski definition) is 1. The van der Waals surface area contributed by atoms with Gasteiger partial charge in [-0.15, -0.1) is 0 Å². The van der Waals surface area contributed by atoms with Crippen molar-refractivity contribution in [2.75, 3.05) is 12.0 Å². The molecule has 0 unspecified atom stereocenters. The van der Waals surface area contributed by atoms with Crippen LogP contribution < -0.4 is 19.7 Å². The number of carbonyl (C=O) groups is 2. The molecule has 1 aliphatic heterocycles. The first-order chi connectivity index (χ1) is 12.9. The van der Waals surface area contributed by atoms with Gasteiger partial charge in [0.2, 0.25) is 0 Å². The number of ether oxygens (including phenoxy) is 2. The van der Waals surface area contributed by atoms with Gasteiger partial charge in [-0.1, -0.05) is 29.8 Å². The van der Waals surface area contributed by atoms with Gasteiger partial charge in [-0.25, -0.2) is 9.69 Å². The molecule has 3 amide bonds. The molecule has 1 saturated heterocycles.